The van der Waals surface area contributed by atoms with E-state index in [0.29, 0.717) is 13.0 Å². The van der Waals surface area contributed by atoms with E-state index in [4.69, 9.17) is 4.74 Å². The molecule has 1 saturated heterocycles. The van der Waals surface area contributed by atoms with Gasteiger partial charge in [0.1, 0.15) is 0 Å². The molecule has 2 amide bonds. The Kier molecular flexibility index (Phi) is 6.42. The molecule has 3 aliphatic rings. The first kappa shape index (κ1) is 25.6. The molecule has 0 aromatic heterocycles. The summed E-state index contributed by atoms with van der Waals surface area (Å²) in [5, 5.41) is 10.1. The van der Waals surface area contributed by atoms with Gasteiger partial charge >= 0.3 is 0 Å². The van der Waals surface area contributed by atoms with Crippen LogP contribution in [0.3, 0.4) is 0 Å². The molecule has 0 radical (unpaired) electrons. The average Bonchev–Trinajstić information content (AvgIpc) is 3.24. The van der Waals surface area contributed by atoms with Gasteiger partial charge in [-0.05, 0) is 48.8 Å². The molecule has 2 aromatic carbocycles. The van der Waals surface area contributed by atoms with Crippen LogP contribution in [0, 0.1) is 5.92 Å². The lowest BCUT2D eigenvalue weighted by Gasteiger charge is -2.37. The van der Waals surface area contributed by atoms with E-state index in [1.165, 1.54) is 0 Å². The zero-order chi connectivity index (χ0) is 26.0. The van der Waals surface area contributed by atoms with Gasteiger partial charge in [-0.15, -0.1) is 0 Å². The first-order valence-electron chi connectivity index (χ1n) is 12.4. The Balaban J connectivity index is 1.49. The van der Waals surface area contributed by atoms with Crippen LogP contribution in [0.15, 0.2) is 46.9 Å². The van der Waals surface area contributed by atoms with Gasteiger partial charge in [0.15, 0.2) is 5.60 Å². The maximum absolute atomic E-state index is 15.9. The summed E-state index contributed by atoms with van der Waals surface area (Å²) in [6, 6.07) is 13.2. The minimum Gasteiger partial charge on any atom is -0.394 e. The SMILES string of the molecule is C[C@@H]1[C@@H]([Si](C)(C)F)[C@H](CC(=O)N2Cc3ccccc3C[C@H]2CO)O[C@@]12C(=O)N(C)c1ccc(Br)cc12. The van der Waals surface area contributed by atoms with E-state index in [1.807, 2.05) is 49.4 Å². The highest BCUT2D eigenvalue weighted by atomic mass is 79.9. The zero-order valence-corrected chi connectivity index (χ0v) is 23.6. The topological polar surface area (TPSA) is 70.1 Å². The van der Waals surface area contributed by atoms with Crippen molar-refractivity contribution >= 4 is 41.8 Å². The molecule has 9 heteroatoms. The van der Waals surface area contributed by atoms with E-state index in [2.05, 4.69) is 15.9 Å². The summed E-state index contributed by atoms with van der Waals surface area (Å²) in [5.41, 5.74) is 1.76. The highest BCUT2D eigenvalue weighted by molar-refractivity contribution is 9.10. The maximum Gasteiger partial charge on any atom is 0.264 e. The molecule has 2 aromatic rings. The smallest absolute Gasteiger partial charge is 0.264 e. The summed E-state index contributed by atoms with van der Waals surface area (Å²) in [6.07, 6.45) is -0.198. The average molecular weight is 576 g/mol. The van der Waals surface area contributed by atoms with E-state index in [9.17, 15) is 14.7 Å². The predicted octanol–water partition coefficient (Wildman–Crippen LogP) is 4.54. The van der Waals surface area contributed by atoms with Gasteiger partial charge in [0.2, 0.25) is 14.3 Å². The molecule has 0 aliphatic carbocycles. The third-order valence-electron chi connectivity index (χ3n) is 8.32. The Hall–Kier alpha value is -2.07. The highest BCUT2D eigenvalue weighted by Crippen LogP contribution is 2.60. The van der Waals surface area contributed by atoms with Crippen molar-refractivity contribution in [2.45, 2.75) is 62.7 Å². The summed E-state index contributed by atoms with van der Waals surface area (Å²) in [5.74, 6) is -0.848. The second-order valence-electron chi connectivity index (χ2n) is 10.8. The van der Waals surface area contributed by atoms with E-state index >= 15 is 4.11 Å². The number of carbonyl (C=O) groups is 2. The summed E-state index contributed by atoms with van der Waals surface area (Å²) in [4.78, 5) is 30.7. The van der Waals surface area contributed by atoms with Gasteiger partial charge in [-0.2, -0.15) is 0 Å². The van der Waals surface area contributed by atoms with E-state index in [1.54, 1.807) is 29.9 Å². The van der Waals surface area contributed by atoms with Gasteiger partial charge in [0, 0.05) is 35.1 Å². The second kappa shape index (κ2) is 9.04. The first-order chi connectivity index (χ1) is 17.0. The zero-order valence-electron chi connectivity index (χ0n) is 21.0. The Bertz CT molecular complexity index is 1220. The molecule has 36 heavy (non-hydrogen) atoms. The van der Waals surface area contributed by atoms with Crippen LogP contribution in [0.25, 0.3) is 0 Å². The molecule has 1 fully saturated rings. The minimum atomic E-state index is -3.36. The number of nitrogens with zero attached hydrogens (tertiary/aromatic N) is 2. The van der Waals surface area contributed by atoms with Crippen molar-refractivity contribution in [3.8, 4) is 0 Å². The van der Waals surface area contributed by atoms with Crippen molar-refractivity contribution in [3.63, 3.8) is 0 Å². The molecule has 1 spiro atoms. The second-order valence-corrected chi connectivity index (χ2v) is 15.5. The Labute approximate surface area is 220 Å². The number of halogens is 2. The summed E-state index contributed by atoms with van der Waals surface area (Å²) in [6.45, 7) is 5.40. The monoisotopic (exact) mass is 574 g/mol. The van der Waals surface area contributed by atoms with E-state index in [0.717, 1.165) is 26.9 Å². The minimum absolute atomic E-state index is 0.0316. The molecular weight excluding hydrogens is 543 g/mol. The lowest BCUT2D eigenvalue weighted by Crippen LogP contribution is -2.48. The van der Waals surface area contributed by atoms with Gasteiger partial charge in [-0.3, -0.25) is 9.59 Å². The van der Waals surface area contributed by atoms with Crippen molar-refractivity contribution in [3.05, 3.63) is 63.6 Å². The summed E-state index contributed by atoms with van der Waals surface area (Å²) >= 11 is 3.51. The lowest BCUT2D eigenvalue weighted by molar-refractivity contribution is -0.150. The Morgan fingerprint density at radius 1 is 1.25 bits per heavy atom. The fourth-order valence-electron chi connectivity index (χ4n) is 6.66. The predicted molar refractivity (Wildman–Crippen MR) is 142 cm³/mol. The summed E-state index contributed by atoms with van der Waals surface area (Å²) in [7, 11) is -1.65. The highest BCUT2D eigenvalue weighted by Gasteiger charge is 2.66. The van der Waals surface area contributed by atoms with Gasteiger partial charge in [-0.1, -0.05) is 47.1 Å². The molecule has 6 nitrogen and oxygen atoms in total. The molecule has 0 saturated carbocycles. The first-order valence-corrected chi connectivity index (χ1v) is 16.2. The third-order valence-corrected chi connectivity index (χ3v) is 11.3. The number of likely N-dealkylation sites (N-methyl/N-ethyl adjacent to an activating group) is 1. The lowest BCUT2D eigenvalue weighted by atomic mass is 9.82. The van der Waals surface area contributed by atoms with Crippen LogP contribution >= 0.6 is 15.9 Å². The summed E-state index contributed by atoms with van der Waals surface area (Å²) < 4.78 is 23.3. The number of aliphatic hydroxyl groups is 1. The number of benzene rings is 2. The Morgan fingerprint density at radius 2 is 1.94 bits per heavy atom. The number of amides is 2. The van der Waals surface area contributed by atoms with Crippen LogP contribution in [-0.4, -0.2) is 56.0 Å². The van der Waals surface area contributed by atoms with Crippen LogP contribution < -0.4 is 4.90 Å². The van der Waals surface area contributed by atoms with Crippen molar-refractivity contribution < 1.29 is 23.5 Å². The van der Waals surface area contributed by atoms with Crippen molar-refractivity contribution in [1.29, 1.82) is 0 Å². The Morgan fingerprint density at radius 3 is 2.61 bits per heavy atom. The molecule has 0 bridgehead atoms. The van der Waals surface area contributed by atoms with E-state index < -0.39 is 31.6 Å². The van der Waals surface area contributed by atoms with Gasteiger partial charge in [0.05, 0.1) is 30.9 Å². The third kappa shape index (κ3) is 3.86. The number of hydrogen-bond acceptors (Lipinski definition) is 4. The van der Waals surface area contributed by atoms with Gasteiger partial charge in [0.25, 0.3) is 5.91 Å². The molecule has 192 valence electrons. The number of fused-ring (bicyclic) bond motifs is 3. The quantitative estimate of drug-likeness (QED) is 0.430. The molecule has 5 atom stereocenters. The number of anilines is 1. The molecule has 0 unspecified atom stereocenters. The van der Waals surface area contributed by atoms with Crippen LogP contribution in [0.1, 0.15) is 30.0 Å². The number of aliphatic hydroxyl groups excluding tert-OH is 1. The largest absolute Gasteiger partial charge is 0.394 e. The van der Waals surface area contributed by atoms with Crippen LogP contribution in [0.5, 0.6) is 0 Å². The maximum atomic E-state index is 15.9. The molecule has 5 rings (SSSR count). The van der Waals surface area contributed by atoms with Crippen LogP contribution in [0.2, 0.25) is 18.6 Å². The van der Waals surface area contributed by atoms with Gasteiger partial charge in [-0.25, -0.2) is 0 Å². The molecule has 3 aliphatic heterocycles. The van der Waals surface area contributed by atoms with Crippen molar-refractivity contribution in [2.75, 3.05) is 18.6 Å². The standard InChI is InChI=1S/C27H32BrFN2O4Si/c1-16-25(36(3,4)29)23(35-27(16)21-12-19(28)9-10-22(21)30(2)26(27)34)13-24(33)31-14-18-8-6-5-7-17(18)11-20(31)15-32/h5-10,12,16,20,23,25,32H,11,13-15H2,1-4H3/t16-,20+,23+,25-,27+/m1/s1. The van der Waals surface area contributed by atoms with Crippen molar-refractivity contribution in [2.24, 2.45) is 5.92 Å². The van der Waals surface area contributed by atoms with Crippen LogP contribution in [0.4, 0.5) is 9.80 Å². The molecular formula is C27H32BrFN2O4Si. The number of rotatable bonds is 4. The van der Waals surface area contributed by atoms with Gasteiger partial charge < -0.3 is 23.8 Å². The fourth-order valence-corrected chi connectivity index (χ4v) is 9.51. The number of carbonyl (C=O) groups excluding carboxylic acids is 2. The molecule has 3 heterocycles. The molecule has 1 N–H and O–H groups in total. The van der Waals surface area contributed by atoms with Crippen molar-refractivity contribution in [1.82, 2.24) is 4.90 Å². The fraction of sp³-hybridized carbons (Fsp3) is 0.481. The van der Waals surface area contributed by atoms with E-state index in [-0.39, 0.29) is 30.9 Å². The normalized spacial score (nSPS) is 29.6. The van der Waals surface area contributed by atoms with Crippen LogP contribution in [-0.2, 0) is 32.9 Å². The number of ether oxygens (including phenoxy) is 1. The number of hydrogen-bond donors (Lipinski definition) is 1.